The zero-order chi connectivity index (χ0) is 21.6. The number of aromatic amines is 1. The number of piperazine rings is 1. The molecule has 31 heavy (non-hydrogen) atoms. The number of hydrogen-bond donors (Lipinski definition) is 1. The maximum absolute atomic E-state index is 12.7. The third kappa shape index (κ3) is 5.63. The number of nitrogens with zero attached hydrogens (tertiary/aromatic N) is 3. The fourth-order valence-electron chi connectivity index (χ4n) is 3.80. The summed E-state index contributed by atoms with van der Waals surface area (Å²) in [5.74, 6) is 0.668. The van der Waals surface area contributed by atoms with Crippen LogP contribution >= 0.6 is 11.6 Å². The Balaban J connectivity index is 1.35. The maximum atomic E-state index is 12.7. The van der Waals surface area contributed by atoms with Gasteiger partial charge in [0.2, 0.25) is 5.95 Å². The Morgan fingerprint density at radius 3 is 2.42 bits per heavy atom. The normalized spacial score (nSPS) is 15.0. The lowest BCUT2D eigenvalue weighted by Gasteiger charge is -2.34. The molecule has 0 unspecified atom stereocenters. The van der Waals surface area contributed by atoms with Crippen molar-refractivity contribution in [3.8, 4) is 0 Å². The molecule has 0 amide bonds. The number of nitrogens with one attached hydrogen (secondary N) is 1. The first-order valence-electron chi connectivity index (χ1n) is 10.6. The van der Waals surface area contributed by atoms with E-state index in [1.54, 1.807) is 0 Å². The summed E-state index contributed by atoms with van der Waals surface area (Å²) in [4.78, 5) is 25.0. The van der Waals surface area contributed by atoms with Crippen LogP contribution in [-0.2, 0) is 6.42 Å². The molecule has 0 radical (unpaired) electrons. The first-order chi connectivity index (χ1) is 15.1. The van der Waals surface area contributed by atoms with E-state index in [9.17, 15) is 4.79 Å². The summed E-state index contributed by atoms with van der Waals surface area (Å²) < 4.78 is 0. The van der Waals surface area contributed by atoms with Gasteiger partial charge in [-0.15, -0.1) is 0 Å². The van der Waals surface area contributed by atoms with Crippen LogP contribution in [0.3, 0.4) is 0 Å². The zero-order valence-corrected chi connectivity index (χ0v) is 18.5. The van der Waals surface area contributed by atoms with Crippen LogP contribution in [0.5, 0.6) is 0 Å². The summed E-state index contributed by atoms with van der Waals surface area (Å²) in [6, 6.07) is 17.9. The summed E-state index contributed by atoms with van der Waals surface area (Å²) in [6.45, 7) is 6.40. The molecule has 0 bridgehead atoms. The molecule has 6 heteroatoms. The zero-order valence-electron chi connectivity index (χ0n) is 17.7. The third-order valence-electron chi connectivity index (χ3n) is 5.65. The maximum Gasteiger partial charge on any atom is 0.256 e. The van der Waals surface area contributed by atoms with Crippen LogP contribution in [0.4, 0.5) is 5.95 Å². The van der Waals surface area contributed by atoms with Crippen molar-refractivity contribution < 1.29 is 0 Å². The first kappa shape index (κ1) is 21.3. The van der Waals surface area contributed by atoms with Gasteiger partial charge in [-0.2, -0.15) is 0 Å². The number of aromatic nitrogens is 2. The van der Waals surface area contributed by atoms with Gasteiger partial charge < -0.3 is 4.90 Å². The quantitative estimate of drug-likeness (QED) is 0.633. The van der Waals surface area contributed by atoms with Gasteiger partial charge in [0.25, 0.3) is 5.56 Å². The molecule has 0 saturated carbocycles. The SMILES string of the molecule is Cc1nc(N2CCN(C/C=C/c3ccccc3)CC2)[nH]c(=O)c1Cc1ccc(Cl)cc1. The Morgan fingerprint density at radius 1 is 1.03 bits per heavy atom. The molecular formula is C25H27ClN4O. The average molecular weight is 435 g/mol. The van der Waals surface area contributed by atoms with Crippen LogP contribution in [0.1, 0.15) is 22.4 Å². The van der Waals surface area contributed by atoms with Gasteiger partial charge in [0.05, 0.1) is 5.69 Å². The minimum absolute atomic E-state index is 0.0642. The molecule has 160 valence electrons. The Bertz CT molecular complexity index is 1080. The summed E-state index contributed by atoms with van der Waals surface area (Å²) >= 11 is 5.96. The molecular weight excluding hydrogens is 408 g/mol. The lowest BCUT2D eigenvalue weighted by Crippen LogP contribution is -2.47. The van der Waals surface area contributed by atoms with Crippen LogP contribution < -0.4 is 10.5 Å². The molecule has 1 aliphatic rings. The van der Waals surface area contributed by atoms with Gasteiger partial charge in [-0.25, -0.2) is 4.98 Å². The van der Waals surface area contributed by atoms with Crippen LogP contribution in [0, 0.1) is 6.92 Å². The summed E-state index contributed by atoms with van der Waals surface area (Å²) in [5, 5.41) is 0.692. The molecule has 0 atom stereocenters. The van der Waals surface area contributed by atoms with Crippen molar-refractivity contribution in [2.45, 2.75) is 13.3 Å². The summed E-state index contributed by atoms with van der Waals surface area (Å²) in [7, 11) is 0. The predicted molar refractivity (Wildman–Crippen MR) is 128 cm³/mol. The van der Waals surface area contributed by atoms with E-state index >= 15 is 0 Å². The van der Waals surface area contributed by atoms with E-state index in [-0.39, 0.29) is 5.56 Å². The van der Waals surface area contributed by atoms with Crippen molar-refractivity contribution >= 4 is 23.6 Å². The minimum atomic E-state index is -0.0642. The van der Waals surface area contributed by atoms with E-state index in [1.807, 2.05) is 37.3 Å². The molecule has 1 saturated heterocycles. The average Bonchev–Trinajstić information content (AvgIpc) is 2.78. The van der Waals surface area contributed by atoms with E-state index < -0.39 is 0 Å². The topological polar surface area (TPSA) is 52.2 Å². The molecule has 1 N–H and O–H groups in total. The van der Waals surface area contributed by atoms with Crippen molar-refractivity contribution in [3.63, 3.8) is 0 Å². The molecule has 1 fully saturated rings. The van der Waals surface area contributed by atoms with E-state index in [0.29, 0.717) is 23.0 Å². The van der Waals surface area contributed by atoms with E-state index in [1.165, 1.54) is 5.56 Å². The van der Waals surface area contributed by atoms with Crippen LogP contribution in [0.2, 0.25) is 5.02 Å². The lowest BCUT2D eigenvalue weighted by molar-refractivity contribution is 0.283. The smallest absolute Gasteiger partial charge is 0.256 e. The fraction of sp³-hybridized carbons (Fsp3) is 0.280. The number of anilines is 1. The molecule has 2 aromatic carbocycles. The fourth-order valence-corrected chi connectivity index (χ4v) is 3.93. The predicted octanol–water partition coefficient (Wildman–Crippen LogP) is 4.16. The molecule has 0 aliphatic carbocycles. The second-order valence-electron chi connectivity index (χ2n) is 7.86. The second kappa shape index (κ2) is 9.94. The van der Waals surface area contributed by atoms with E-state index in [4.69, 9.17) is 16.6 Å². The van der Waals surface area contributed by atoms with Crippen molar-refractivity contribution in [2.75, 3.05) is 37.6 Å². The number of halogens is 1. The highest BCUT2D eigenvalue weighted by molar-refractivity contribution is 6.30. The monoisotopic (exact) mass is 434 g/mol. The number of benzene rings is 2. The van der Waals surface area contributed by atoms with Gasteiger partial charge in [0, 0.05) is 49.7 Å². The highest BCUT2D eigenvalue weighted by Gasteiger charge is 2.19. The molecule has 3 aromatic rings. The third-order valence-corrected chi connectivity index (χ3v) is 5.90. The Morgan fingerprint density at radius 2 is 1.74 bits per heavy atom. The van der Waals surface area contributed by atoms with Crippen molar-refractivity contribution in [1.82, 2.24) is 14.9 Å². The molecule has 2 heterocycles. The Hall–Kier alpha value is -2.89. The van der Waals surface area contributed by atoms with Crippen molar-refractivity contribution in [1.29, 1.82) is 0 Å². The summed E-state index contributed by atoms with van der Waals surface area (Å²) in [6.07, 6.45) is 4.92. The molecule has 0 spiro atoms. The van der Waals surface area contributed by atoms with Gasteiger partial charge >= 0.3 is 0 Å². The molecule has 5 nitrogen and oxygen atoms in total. The van der Waals surface area contributed by atoms with Crippen LogP contribution in [0.25, 0.3) is 6.08 Å². The highest BCUT2D eigenvalue weighted by atomic mass is 35.5. The number of aryl methyl sites for hydroxylation is 1. The number of hydrogen-bond acceptors (Lipinski definition) is 4. The van der Waals surface area contributed by atoms with E-state index in [2.05, 4.69) is 51.2 Å². The van der Waals surface area contributed by atoms with Crippen LogP contribution in [-0.4, -0.2) is 47.6 Å². The second-order valence-corrected chi connectivity index (χ2v) is 8.29. The molecule has 1 aliphatic heterocycles. The van der Waals surface area contributed by atoms with Gasteiger partial charge in [0.1, 0.15) is 0 Å². The van der Waals surface area contributed by atoms with Gasteiger partial charge in [-0.05, 0) is 30.2 Å². The van der Waals surface area contributed by atoms with Gasteiger partial charge in [-0.3, -0.25) is 14.7 Å². The highest BCUT2D eigenvalue weighted by Crippen LogP contribution is 2.16. The van der Waals surface area contributed by atoms with Crippen molar-refractivity contribution in [2.24, 2.45) is 0 Å². The van der Waals surface area contributed by atoms with Crippen LogP contribution in [0.15, 0.2) is 65.5 Å². The molecule has 1 aromatic heterocycles. The number of H-pyrrole nitrogens is 1. The Kier molecular flexibility index (Phi) is 6.85. The minimum Gasteiger partial charge on any atom is -0.340 e. The number of rotatable bonds is 6. The molecule has 4 rings (SSSR count). The largest absolute Gasteiger partial charge is 0.340 e. The van der Waals surface area contributed by atoms with Gasteiger partial charge in [0.15, 0.2) is 0 Å². The standard InChI is InChI=1S/C25H27ClN4O/c1-19-23(18-21-9-11-22(26)12-10-21)24(31)28-25(27-19)30-16-14-29(15-17-30)13-5-8-20-6-3-2-4-7-20/h2-12H,13-18H2,1H3,(H,27,28,31)/b8-5+. The van der Waals surface area contributed by atoms with Gasteiger partial charge in [-0.1, -0.05) is 66.2 Å². The van der Waals surface area contributed by atoms with E-state index in [0.717, 1.165) is 44.0 Å². The lowest BCUT2D eigenvalue weighted by atomic mass is 10.1. The van der Waals surface area contributed by atoms with Crippen molar-refractivity contribution in [3.05, 3.63) is 98.4 Å². The Labute approximate surface area is 188 Å². The first-order valence-corrected chi connectivity index (χ1v) is 11.0. The summed E-state index contributed by atoms with van der Waals surface area (Å²) in [5.41, 5.74) is 3.69.